The van der Waals surface area contributed by atoms with Crippen LogP contribution in [0.25, 0.3) is 44.2 Å². The van der Waals surface area contributed by atoms with E-state index in [1.54, 1.807) is 0 Å². The Kier molecular flexibility index (Phi) is 8.99. The van der Waals surface area contributed by atoms with Gasteiger partial charge in [0.25, 0.3) is 6.71 Å². The first-order valence-corrected chi connectivity index (χ1v) is 22.9. The number of hydrogen-bond donors (Lipinski definition) is 0. The van der Waals surface area contributed by atoms with Crippen LogP contribution in [0.2, 0.25) is 0 Å². The number of nitrogens with zero attached hydrogens (tertiary/aromatic N) is 2. The molecule has 314 valence electrons. The Morgan fingerprint density at radius 2 is 0.828 bits per heavy atom. The Morgan fingerprint density at radius 3 is 1.39 bits per heavy atom. The molecule has 64 heavy (non-hydrogen) atoms. The van der Waals surface area contributed by atoms with E-state index in [0.29, 0.717) is 0 Å². The van der Waals surface area contributed by atoms with Crippen LogP contribution in [0.5, 0.6) is 0 Å². The number of anilines is 6. The van der Waals surface area contributed by atoms with Gasteiger partial charge >= 0.3 is 0 Å². The van der Waals surface area contributed by atoms with E-state index >= 15 is 0 Å². The third kappa shape index (κ3) is 6.57. The van der Waals surface area contributed by atoms with E-state index in [4.69, 9.17) is 4.42 Å². The van der Waals surface area contributed by atoms with Crippen molar-refractivity contribution in [1.82, 2.24) is 0 Å². The Hall–Kier alpha value is -6.78. The van der Waals surface area contributed by atoms with Gasteiger partial charge in [0.2, 0.25) is 0 Å². The Labute approximate surface area is 379 Å². The molecule has 11 rings (SSSR count). The van der Waals surface area contributed by atoms with Crippen LogP contribution in [0.4, 0.5) is 34.1 Å². The average molecular weight is 831 g/mol. The van der Waals surface area contributed by atoms with Crippen molar-refractivity contribution in [1.29, 1.82) is 0 Å². The monoisotopic (exact) mass is 830 g/mol. The minimum absolute atomic E-state index is 0.0266. The van der Waals surface area contributed by atoms with E-state index in [9.17, 15) is 0 Å². The number of rotatable bonds is 4. The lowest BCUT2D eigenvalue weighted by molar-refractivity contribution is 0.590. The Bertz CT molecular complexity index is 3270. The highest BCUT2D eigenvalue weighted by Crippen LogP contribution is 2.48. The zero-order valence-corrected chi connectivity index (χ0v) is 38.5. The van der Waals surface area contributed by atoms with Gasteiger partial charge < -0.3 is 14.2 Å². The fraction of sp³-hybridized carbons (Fsp3) is 0.200. The van der Waals surface area contributed by atoms with Crippen molar-refractivity contribution in [3.63, 3.8) is 0 Å². The third-order valence-electron chi connectivity index (χ3n) is 13.7. The number of fused-ring (bicyclic) bond motifs is 7. The molecule has 0 saturated carbocycles. The van der Waals surface area contributed by atoms with Crippen molar-refractivity contribution in [2.45, 2.75) is 78.6 Å². The zero-order valence-electron chi connectivity index (χ0n) is 38.5. The zero-order chi connectivity index (χ0) is 44.3. The lowest BCUT2D eigenvalue weighted by atomic mass is 9.33. The predicted molar refractivity (Wildman–Crippen MR) is 275 cm³/mol. The molecule has 0 bridgehead atoms. The molecular formula is C60H55BN2O. The molecule has 0 radical (unpaired) electrons. The summed E-state index contributed by atoms with van der Waals surface area (Å²) in [5.41, 5.74) is 21.7. The summed E-state index contributed by atoms with van der Waals surface area (Å²) in [7, 11) is 0. The predicted octanol–water partition coefficient (Wildman–Crippen LogP) is 14.9. The van der Waals surface area contributed by atoms with Gasteiger partial charge in [-0.1, -0.05) is 165 Å². The van der Waals surface area contributed by atoms with E-state index in [-0.39, 0.29) is 23.0 Å². The molecule has 0 amide bonds. The summed E-state index contributed by atoms with van der Waals surface area (Å²) in [6, 6.07) is 63.8. The molecule has 3 heterocycles. The van der Waals surface area contributed by atoms with Gasteiger partial charge in [-0.05, 0) is 138 Å². The summed E-state index contributed by atoms with van der Waals surface area (Å²) in [5.74, 6) is 0. The Balaban J connectivity index is 1.17. The quantitative estimate of drug-likeness (QED) is 0.165. The molecule has 0 N–H and O–H groups in total. The van der Waals surface area contributed by atoms with Crippen LogP contribution in [0.3, 0.4) is 0 Å². The summed E-state index contributed by atoms with van der Waals surface area (Å²) < 4.78 is 6.20. The lowest BCUT2D eigenvalue weighted by Crippen LogP contribution is -2.61. The molecule has 0 spiro atoms. The van der Waals surface area contributed by atoms with Crippen LogP contribution in [0.1, 0.15) is 79.0 Å². The summed E-state index contributed by atoms with van der Waals surface area (Å²) in [4.78, 5) is 5.11. The fourth-order valence-electron chi connectivity index (χ4n) is 10.1. The maximum atomic E-state index is 6.20. The molecule has 8 aromatic carbocycles. The van der Waals surface area contributed by atoms with Crippen LogP contribution in [0, 0.1) is 0 Å². The fourth-order valence-corrected chi connectivity index (χ4v) is 10.1. The van der Waals surface area contributed by atoms with Crippen molar-refractivity contribution < 1.29 is 4.42 Å². The highest BCUT2D eigenvalue weighted by molar-refractivity contribution is 7.00. The topological polar surface area (TPSA) is 19.6 Å². The molecule has 2 aliphatic rings. The van der Waals surface area contributed by atoms with Crippen molar-refractivity contribution >= 4 is 79.2 Å². The molecule has 0 aliphatic carbocycles. The molecule has 0 atom stereocenters. The normalized spacial score (nSPS) is 13.6. The first-order chi connectivity index (χ1) is 30.6. The molecule has 2 aliphatic heterocycles. The summed E-state index contributed by atoms with van der Waals surface area (Å²) in [5, 5.41) is 2.28. The van der Waals surface area contributed by atoms with Gasteiger partial charge in [-0.3, -0.25) is 0 Å². The van der Waals surface area contributed by atoms with Crippen LogP contribution in [-0.4, -0.2) is 6.71 Å². The van der Waals surface area contributed by atoms with E-state index in [1.165, 1.54) is 83.8 Å². The van der Waals surface area contributed by atoms with Gasteiger partial charge in [-0.25, -0.2) is 0 Å². The molecule has 9 aromatic rings. The number of hydrogen-bond acceptors (Lipinski definition) is 3. The van der Waals surface area contributed by atoms with E-state index in [2.05, 4.69) is 230 Å². The third-order valence-corrected chi connectivity index (χ3v) is 13.7. The van der Waals surface area contributed by atoms with Gasteiger partial charge in [-0.2, -0.15) is 0 Å². The summed E-state index contributed by atoms with van der Waals surface area (Å²) in [6.45, 7) is 20.8. The number of furan rings is 1. The van der Waals surface area contributed by atoms with E-state index < -0.39 is 0 Å². The van der Waals surface area contributed by atoms with Crippen molar-refractivity contribution in [3.8, 4) is 22.3 Å². The van der Waals surface area contributed by atoms with Gasteiger partial charge in [0.1, 0.15) is 11.2 Å². The van der Waals surface area contributed by atoms with Crippen molar-refractivity contribution in [3.05, 3.63) is 187 Å². The molecule has 0 fully saturated rings. The first-order valence-electron chi connectivity index (χ1n) is 22.9. The second kappa shape index (κ2) is 14.4. The molecule has 4 heteroatoms. The molecular weight excluding hydrogens is 775 g/mol. The Morgan fingerprint density at radius 1 is 0.359 bits per heavy atom. The largest absolute Gasteiger partial charge is 0.456 e. The smallest absolute Gasteiger partial charge is 0.252 e. The van der Waals surface area contributed by atoms with Crippen LogP contribution < -0.4 is 26.2 Å². The highest BCUT2D eigenvalue weighted by Gasteiger charge is 2.44. The number of para-hydroxylation sites is 1. The second-order valence-electron chi connectivity index (χ2n) is 21.1. The summed E-state index contributed by atoms with van der Waals surface area (Å²) in [6.07, 6.45) is 0. The molecule has 0 unspecified atom stereocenters. The molecule has 3 nitrogen and oxygen atoms in total. The first kappa shape index (κ1) is 40.0. The molecule has 0 saturated heterocycles. The van der Waals surface area contributed by atoms with Gasteiger partial charge in [-0.15, -0.1) is 0 Å². The maximum absolute atomic E-state index is 6.20. The van der Waals surface area contributed by atoms with Crippen LogP contribution in [0.15, 0.2) is 174 Å². The maximum Gasteiger partial charge on any atom is 0.252 e. The van der Waals surface area contributed by atoms with Crippen LogP contribution in [-0.2, 0) is 16.2 Å². The van der Waals surface area contributed by atoms with Gasteiger partial charge in [0, 0.05) is 44.9 Å². The lowest BCUT2D eigenvalue weighted by Gasteiger charge is -2.45. The number of benzene rings is 8. The second-order valence-corrected chi connectivity index (χ2v) is 21.1. The SMILES string of the molecule is CC(C)(C)c1ccc(N2c3cc(C(C)(C)C)ccc3B3c4ccc(C(C)(C)C)cc4N(c4ccc(-c5ccc6oc7ccccc7c6c5)cc4)c4cc(-c5ccccc5)cc2c43)cc1. The standard InChI is InChI=1S/C60H55BN2O/c1-58(2,3)42-22-28-46(29-23-42)63-52-37-44(60(7,8)9)25-31-50(52)61-49-30-24-43(59(4,5)6)36-51(49)62(53-34-41(35-54(63)57(53)61)38-15-11-10-12-16-38)45-26-19-39(20-27-45)40-21-32-56-48(33-40)47-17-13-14-18-55(47)64-56/h10-37H,1-9H3. The van der Waals surface area contributed by atoms with Gasteiger partial charge in [0.05, 0.1) is 0 Å². The van der Waals surface area contributed by atoms with Crippen LogP contribution >= 0.6 is 0 Å². The van der Waals surface area contributed by atoms with Gasteiger partial charge in [0.15, 0.2) is 0 Å². The minimum atomic E-state index is -0.0418. The molecule has 1 aromatic heterocycles. The van der Waals surface area contributed by atoms with E-state index in [0.717, 1.165) is 27.6 Å². The van der Waals surface area contributed by atoms with E-state index in [1.807, 2.05) is 12.1 Å². The van der Waals surface area contributed by atoms with Crippen molar-refractivity contribution in [2.75, 3.05) is 9.80 Å². The highest BCUT2D eigenvalue weighted by atomic mass is 16.3. The average Bonchev–Trinajstić information content (AvgIpc) is 3.66. The summed E-state index contributed by atoms with van der Waals surface area (Å²) >= 11 is 0. The minimum Gasteiger partial charge on any atom is -0.456 e. The van der Waals surface area contributed by atoms with Crippen molar-refractivity contribution in [2.24, 2.45) is 0 Å².